The lowest BCUT2D eigenvalue weighted by Crippen LogP contribution is -1.87. The number of hydrogen-bond acceptors (Lipinski definition) is 2. The normalized spacial score (nSPS) is 11.1. The first-order valence-corrected chi connectivity index (χ1v) is 7.16. The molecule has 0 rings (SSSR count). The average molecular weight is 234 g/mol. The molecule has 0 saturated heterocycles. The summed E-state index contributed by atoms with van der Waals surface area (Å²) in [7, 11) is 0. The van der Waals surface area contributed by atoms with Gasteiger partial charge in [0.05, 0.1) is 0 Å². The lowest BCUT2D eigenvalue weighted by Gasteiger charge is -2.03. The summed E-state index contributed by atoms with van der Waals surface area (Å²) < 4.78 is 0.291. The molecule has 0 spiro atoms. The Morgan fingerprint density at radius 1 is 0.714 bits per heavy atom. The molecule has 14 heavy (non-hydrogen) atoms. The highest BCUT2D eigenvalue weighted by atomic mass is 32.2. The molecule has 0 atom stereocenters. The smallest absolute Gasteiger partial charge is 0.0442 e. The fourth-order valence-corrected chi connectivity index (χ4v) is 2.00. The molecule has 0 aromatic rings. The minimum absolute atomic E-state index is 0.291. The Morgan fingerprint density at radius 2 is 1.14 bits per heavy atom. The van der Waals surface area contributed by atoms with Gasteiger partial charge >= 0.3 is 0 Å². The highest BCUT2D eigenvalue weighted by Crippen LogP contribution is 2.14. The molecule has 0 aromatic heterocycles. The molecule has 0 bridgehead atoms. The zero-order valence-corrected chi connectivity index (χ0v) is 11.3. The van der Waals surface area contributed by atoms with E-state index in [-0.39, 0.29) is 0 Å². The van der Waals surface area contributed by atoms with Crippen LogP contribution >= 0.6 is 25.3 Å². The average Bonchev–Trinajstić information content (AvgIpc) is 2.15. The fraction of sp³-hybridized carbons (Fsp3) is 1.00. The highest BCUT2D eigenvalue weighted by Gasteiger charge is 1.95. The van der Waals surface area contributed by atoms with Gasteiger partial charge in [0.2, 0.25) is 0 Å². The van der Waals surface area contributed by atoms with E-state index in [0.29, 0.717) is 4.58 Å². The Balaban J connectivity index is 2.85. The lowest BCUT2D eigenvalue weighted by molar-refractivity contribution is 0.562. The molecule has 0 saturated carbocycles. The Kier molecular flexibility index (Phi) is 12.4. The Labute approximate surface area is 101 Å². The summed E-state index contributed by atoms with van der Waals surface area (Å²) in [6.45, 7) is 2.27. The van der Waals surface area contributed by atoms with E-state index in [1.54, 1.807) is 0 Å². The van der Waals surface area contributed by atoms with Crippen LogP contribution in [0.15, 0.2) is 0 Å². The molecule has 0 amide bonds. The van der Waals surface area contributed by atoms with E-state index in [1.165, 1.54) is 57.8 Å². The maximum Gasteiger partial charge on any atom is 0.0442 e. The van der Waals surface area contributed by atoms with E-state index in [9.17, 15) is 0 Å². The molecule has 2 heteroatoms. The molecule has 0 fully saturated rings. The van der Waals surface area contributed by atoms with Gasteiger partial charge in [-0.15, -0.1) is 0 Å². The first-order valence-electron chi connectivity index (χ1n) is 6.13. The molecule has 86 valence electrons. The van der Waals surface area contributed by atoms with E-state index in [0.717, 1.165) is 6.42 Å². The second-order valence-corrected chi connectivity index (χ2v) is 5.75. The lowest BCUT2D eigenvalue weighted by atomic mass is 10.1. The summed E-state index contributed by atoms with van der Waals surface area (Å²) in [5.41, 5.74) is 0. The molecule has 0 heterocycles. The first kappa shape index (κ1) is 14.7. The molecule has 0 aromatic carbocycles. The summed E-state index contributed by atoms with van der Waals surface area (Å²) in [6, 6.07) is 0. The van der Waals surface area contributed by atoms with Crippen LogP contribution in [0.25, 0.3) is 0 Å². The van der Waals surface area contributed by atoms with E-state index < -0.39 is 0 Å². The predicted octanol–water partition coefficient (Wildman–Crippen LogP) is 5.09. The first-order chi connectivity index (χ1) is 6.77. The van der Waals surface area contributed by atoms with Crippen LogP contribution in [0, 0.1) is 0 Å². The van der Waals surface area contributed by atoms with E-state index in [2.05, 4.69) is 32.2 Å². The summed E-state index contributed by atoms with van der Waals surface area (Å²) >= 11 is 8.49. The second kappa shape index (κ2) is 11.8. The zero-order chi connectivity index (χ0) is 10.6. The van der Waals surface area contributed by atoms with Crippen molar-refractivity contribution < 1.29 is 0 Å². The monoisotopic (exact) mass is 234 g/mol. The van der Waals surface area contributed by atoms with Crippen LogP contribution in [0.1, 0.15) is 71.1 Å². The van der Waals surface area contributed by atoms with Crippen molar-refractivity contribution in [2.75, 3.05) is 0 Å². The summed E-state index contributed by atoms with van der Waals surface area (Å²) in [4.78, 5) is 0. The quantitative estimate of drug-likeness (QED) is 0.293. The molecule has 0 aliphatic rings. The molecule has 0 radical (unpaired) electrons. The predicted molar refractivity (Wildman–Crippen MR) is 73.6 cm³/mol. The van der Waals surface area contributed by atoms with Crippen LogP contribution in [0.3, 0.4) is 0 Å². The van der Waals surface area contributed by atoms with Crippen LogP contribution in [-0.2, 0) is 0 Å². The van der Waals surface area contributed by atoms with E-state index >= 15 is 0 Å². The van der Waals surface area contributed by atoms with Gasteiger partial charge in [-0.3, -0.25) is 0 Å². The van der Waals surface area contributed by atoms with Gasteiger partial charge in [-0.05, 0) is 6.42 Å². The van der Waals surface area contributed by atoms with Gasteiger partial charge in [-0.25, -0.2) is 0 Å². The Morgan fingerprint density at radius 3 is 1.57 bits per heavy atom. The number of thiol groups is 2. The molecular formula is C12H26S2. The number of unbranched alkanes of at least 4 members (excludes halogenated alkanes) is 8. The summed E-state index contributed by atoms with van der Waals surface area (Å²) in [6.07, 6.45) is 13.7. The van der Waals surface area contributed by atoms with Gasteiger partial charge in [0.1, 0.15) is 0 Å². The summed E-state index contributed by atoms with van der Waals surface area (Å²) in [5.74, 6) is 0. The van der Waals surface area contributed by atoms with Gasteiger partial charge < -0.3 is 0 Å². The van der Waals surface area contributed by atoms with Crippen molar-refractivity contribution in [2.24, 2.45) is 0 Å². The van der Waals surface area contributed by atoms with Crippen LogP contribution in [0.4, 0.5) is 0 Å². The van der Waals surface area contributed by atoms with E-state index in [1.807, 2.05) is 0 Å². The minimum atomic E-state index is 0.291. The van der Waals surface area contributed by atoms with Crippen molar-refractivity contribution in [3.05, 3.63) is 0 Å². The Hall–Kier alpha value is 0.700. The van der Waals surface area contributed by atoms with Crippen molar-refractivity contribution in [2.45, 2.75) is 75.7 Å². The number of hydrogen-bond donors (Lipinski definition) is 2. The topological polar surface area (TPSA) is 0 Å². The van der Waals surface area contributed by atoms with Gasteiger partial charge in [0.15, 0.2) is 0 Å². The van der Waals surface area contributed by atoms with Crippen LogP contribution in [0.2, 0.25) is 0 Å². The molecule has 0 nitrogen and oxygen atoms in total. The van der Waals surface area contributed by atoms with Crippen LogP contribution in [-0.4, -0.2) is 4.58 Å². The SMILES string of the molecule is CCCCCCCCCCCC(S)S. The van der Waals surface area contributed by atoms with Gasteiger partial charge in [-0.1, -0.05) is 64.7 Å². The third-order valence-corrected chi connectivity index (χ3v) is 3.08. The molecular weight excluding hydrogens is 208 g/mol. The standard InChI is InChI=1S/C12H26S2/c1-2-3-4-5-6-7-8-9-10-11-12(13)14/h12-14H,2-11H2,1H3. The molecule has 0 aliphatic heterocycles. The van der Waals surface area contributed by atoms with Crippen molar-refractivity contribution in [1.82, 2.24) is 0 Å². The fourth-order valence-electron chi connectivity index (χ4n) is 1.64. The Bertz CT molecular complexity index is 102. The van der Waals surface area contributed by atoms with Crippen molar-refractivity contribution in [3.8, 4) is 0 Å². The maximum absolute atomic E-state index is 4.24. The minimum Gasteiger partial charge on any atom is -0.165 e. The van der Waals surface area contributed by atoms with Crippen LogP contribution < -0.4 is 0 Å². The molecule has 0 unspecified atom stereocenters. The van der Waals surface area contributed by atoms with Gasteiger partial charge in [0.25, 0.3) is 0 Å². The van der Waals surface area contributed by atoms with Gasteiger partial charge in [-0.2, -0.15) is 25.3 Å². The van der Waals surface area contributed by atoms with E-state index in [4.69, 9.17) is 0 Å². The van der Waals surface area contributed by atoms with Gasteiger partial charge in [0, 0.05) is 4.58 Å². The maximum atomic E-state index is 4.24. The molecule has 0 N–H and O–H groups in total. The number of rotatable bonds is 10. The largest absolute Gasteiger partial charge is 0.165 e. The third kappa shape index (κ3) is 12.7. The second-order valence-electron chi connectivity index (χ2n) is 4.10. The van der Waals surface area contributed by atoms with Crippen molar-refractivity contribution in [1.29, 1.82) is 0 Å². The zero-order valence-electron chi connectivity index (χ0n) is 9.54. The summed E-state index contributed by atoms with van der Waals surface area (Å²) in [5, 5.41) is 0. The van der Waals surface area contributed by atoms with Crippen molar-refractivity contribution >= 4 is 25.3 Å². The van der Waals surface area contributed by atoms with Crippen molar-refractivity contribution in [3.63, 3.8) is 0 Å². The molecule has 0 aliphatic carbocycles. The van der Waals surface area contributed by atoms with Crippen LogP contribution in [0.5, 0.6) is 0 Å². The third-order valence-electron chi connectivity index (χ3n) is 2.57. The highest BCUT2D eigenvalue weighted by molar-refractivity contribution is 7.99.